The minimum Gasteiger partial charge on any atom is -0.507 e. The highest BCUT2D eigenvalue weighted by atomic mass is 16.5. The number of aromatic hydroxyl groups is 2. The maximum atomic E-state index is 12.3. The van der Waals surface area contributed by atoms with Crippen molar-refractivity contribution in [2.75, 3.05) is 7.11 Å². The quantitative estimate of drug-likeness (QED) is 0.634. The summed E-state index contributed by atoms with van der Waals surface area (Å²) in [6, 6.07) is 5.24. The second-order valence-corrected chi connectivity index (χ2v) is 5.70. The third-order valence-corrected chi connectivity index (χ3v) is 4.34. The van der Waals surface area contributed by atoms with Crippen LogP contribution in [0.15, 0.2) is 29.2 Å². The maximum Gasteiger partial charge on any atom is 0.347 e. The summed E-state index contributed by atoms with van der Waals surface area (Å²) in [4.78, 5) is 26.6. The minimum atomic E-state index is -0.914. The lowest BCUT2D eigenvalue weighted by molar-refractivity contribution is 0.0595. The topological polar surface area (TPSA) is 105 Å². The number of phenols is 1. The average Bonchev–Trinajstić information content (AvgIpc) is 2.96. The van der Waals surface area contributed by atoms with E-state index in [2.05, 4.69) is 9.72 Å². The molecule has 0 aliphatic carbocycles. The fraction of sp³-hybridized carbons (Fsp3) is 0.222. The Balaban J connectivity index is 2.33. The molecule has 0 bridgehead atoms. The first-order valence-corrected chi connectivity index (χ1v) is 7.74. The number of H-pyrrole nitrogens is 1. The number of esters is 1. The number of phenolic OH excluding ortho intramolecular Hbond substituents is 1. The number of nitrogens with one attached hydrogen (secondary N) is 1. The molecule has 1 aromatic carbocycles. The van der Waals surface area contributed by atoms with E-state index in [9.17, 15) is 19.8 Å². The largest absolute Gasteiger partial charge is 0.507 e. The van der Waals surface area contributed by atoms with E-state index in [-0.39, 0.29) is 11.4 Å². The van der Waals surface area contributed by atoms with Crippen LogP contribution in [0.5, 0.6) is 11.5 Å². The van der Waals surface area contributed by atoms with Gasteiger partial charge < -0.3 is 24.5 Å². The van der Waals surface area contributed by atoms with Gasteiger partial charge in [0.05, 0.1) is 18.3 Å². The third-order valence-electron chi connectivity index (χ3n) is 4.34. The zero-order chi connectivity index (χ0) is 18.3. The molecular weight excluding hydrogens is 324 g/mol. The molecule has 0 atom stereocenters. The van der Waals surface area contributed by atoms with Crippen LogP contribution in [0.3, 0.4) is 0 Å². The molecule has 130 valence electrons. The fourth-order valence-corrected chi connectivity index (χ4v) is 3.03. The van der Waals surface area contributed by atoms with Gasteiger partial charge in [-0.05, 0) is 24.6 Å². The predicted molar refractivity (Wildman–Crippen MR) is 93.0 cm³/mol. The van der Waals surface area contributed by atoms with Gasteiger partial charge in [-0.15, -0.1) is 0 Å². The molecule has 0 saturated carbocycles. The Morgan fingerprint density at radius 1 is 1.24 bits per heavy atom. The summed E-state index contributed by atoms with van der Waals surface area (Å²) >= 11 is 0. The lowest BCUT2D eigenvalue weighted by atomic mass is 9.98. The molecule has 2 heterocycles. The second-order valence-electron chi connectivity index (χ2n) is 5.70. The summed E-state index contributed by atoms with van der Waals surface area (Å²) in [6.07, 6.45) is 2.16. The van der Waals surface area contributed by atoms with E-state index in [1.165, 1.54) is 0 Å². The standard InChI is InChI=1S/C18H18N2O5/c1-4-9-14(19-17(23)13(16(9)22)18(24)25-3)11-5-6-12-10(15(11)21)7-8-20(12)2/h5-8,21H,4H2,1-3H3,(H2,19,22,23). The number of aromatic amines is 1. The number of benzene rings is 1. The smallest absolute Gasteiger partial charge is 0.347 e. The van der Waals surface area contributed by atoms with E-state index < -0.39 is 22.8 Å². The minimum absolute atomic E-state index is 0.00586. The van der Waals surface area contributed by atoms with Crippen LogP contribution in [0.25, 0.3) is 22.2 Å². The highest BCUT2D eigenvalue weighted by Gasteiger charge is 2.24. The lowest BCUT2D eigenvalue weighted by Crippen LogP contribution is -2.21. The maximum absolute atomic E-state index is 12.3. The number of aryl methyl sites for hydroxylation is 1. The molecule has 3 rings (SSSR count). The molecule has 7 nitrogen and oxygen atoms in total. The van der Waals surface area contributed by atoms with Crippen molar-refractivity contribution in [1.82, 2.24) is 9.55 Å². The number of fused-ring (bicyclic) bond motifs is 1. The van der Waals surface area contributed by atoms with Crippen molar-refractivity contribution >= 4 is 16.9 Å². The average molecular weight is 342 g/mol. The van der Waals surface area contributed by atoms with E-state index in [0.29, 0.717) is 22.9 Å². The number of methoxy groups -OCH3 is 1. The van der Waals surface area contributed by atoms with Crippen molar-refractivity contribution in [2.45, 2.75) is 13.3 Å². The van der Waals surface area contributed by atoms with Crippen LogP contribution in [0, 0.1) is 0 Å². The summed E-state index contributed by atoms with van der Waals surface area (Å²) in [5.41, 5.74) is 0.621. The summed E-state index contributed by atoms with van der Waals surface area (Å²) in [7, 11) is 2.99. The number of ether oxygens (including phenoxy) is 1. The van der Waals surface area contributed by atoms with Crippen molar-refractivity contribution in [3.05, 3.63) is 45.9 Å². The van der Waals surface area contributed by atoms with Gasteiger partial charge in [-0.2, -0.15) is 0 Å². The molecule has 0 unspecified atom stereocenters. The molecular formula is C18H18N2O5. The summed E-state index contributed by atoms with van der Waals surface area (Å²) in [6.45, 7) is 1.77. The van der Waals surface area contributed by atoms with Crippen LogP contribution in [-0.2, 0) is 18.2 Å². The number of hydrogen-bond donors (Lipinski definition) is 3. The molecule has 3 aromatic rings. The molecule has 0 saturated heterocycles. The van der Waals surface area contributed by atoms with Gasteiger partial charge in [0.15, 0.2) is 5.56 Å². The zero-order valence-electron chi connectivity index (χ0n) is 14.1. The number of pyridine rings is 1. The Kier molecular flexibility index (Phi) is 4.00. The van der Waals surface area contributed by atoms with Crippen LogP contribution in [0.2, 0.25) is 0 Å². The lowest BCUT2D eigenvalue weighted by Gasteiger charge is -2.14. The molecule has 0 radical (unpaired) electrons. The van der Waals surface area contributed by atoms with Crippen LogP contribution in [-0.4, -0.2) is 32.8 Å². The highest BCUT2D eigenvalue weighted by Crippen LogP contribution is 2.39. The van der Waals surface area contributed by atoms with Gasteiger partial charge in [0, 0.05) is 29.8 Å². The Bertz CT molecular complexity index is 1050. The van der Waals surface area contributed by atoms with E-state index in [1.54, 1.807) is 19.1 Å². The predicted octanol–water partition coefficient (Wildman–Crippen LogP) is 2.29. The number of nitrogens with zero attached hydrogens (tertiary/aromatic N) is 1. The molecule has 0 spiro atoms. The number of carbonyl (C=O) groups excluding carboxylic acids is 1. The van der Waals surface area contributed by atoms with E-state index >= 15 is 0 Å². The zero-order valence-corrected chi connectivity index (χ0v) is 14.1. The molecule has 3 N–H and O–H groups in total. The van der Waals surface area contributed by atoms with Crippen molar-refractivity contribution < 1.29 is 19.7 Å². The summed E-state index contributed by atoms with van der Waals surface area (Å²) in [5, 5.41) is 21.7. The van der Waals surface area contributed by atoms with Crippen LogP contribution in [0.4, 0.5) is 0 Å². The van der Waals surface area contributed by atoms with E-state index in [0.717, 1.165) is 12.6 Å². The van der Waals surface area contributed by atoms with Gasteiger partial charge in [0.2, 0.25) is 0 Å². The van der Waals surface area contributed by atoms with Crippen LogP contribution < -0.4 is 5.56 Å². The van der Waals surface area contributed by atoms with Crippen molar-refractivity contribution in [1.29, 1.82) is 0 Å². The van der Waals surface area contributed by atoms with E-state index in [1.807, 2.05) is 23.9 Å². The first-order chi connectivity index (χ1) is 11.9. The Morgan fingerprint density at radius 2 is 1.96 bits per heavy atom. The Labute approximate surface area is 143 Å². The number of rotatable bonds is 3. The van der Waals surface area contributed by atoms with Gasteiger partial charge in [-0.1, -0.05) is 6.92 Å². The van der Waals surface area contributed by atoms with E-state index in [4.69, 9.17) is 0 Å². The molecule has 0 aliphatic heterocycles. The van der Waals surface area contributed by atoms with Gasteiger partial charge in [-0.25, -0.2) is 4.79 Å². The van der Waals surface area contributed by atoms with Crippen LogP contribution in [0.1, 0.15) is 22.8 Å². The van der Waals surface area contributed by atoms with Gasteiger partial charge in [0.25, 0.3) is 5.56 Å². The molecule has 7 heteroatoms. The summed E-state index contributed by atoms with van der Waals surface area (Å²) in [5.74, 6) is -1.35. The highest BCUT2D eigenvalue weighted by molar-refractivity contribution is 5.96. The Morgan fingerprint density at radius 3 is 2.60 bits per heavy atom. The number of aromatic nitrogens is 2. The molecule has 0 fully saturated rings. The molecule has 0 aliphatic rings. The first kappa shape index (κ1) is 16.6. The Hall–Kier alpha value is -3.22. The molecule has 25 heavy (non-hydrogen) atoms. The van der Waals surface area contributed by atoms with Gasteiger partial charge >= 0.3 is 5.97 Å². The monoisotopic (exact) mass is 342 g/mol. The number of carbonyl (C=O) groups is 1. The SMILES string of the molecule is CCc1c(-c2ccc3c(ccn3C)c2O)[nH]c(=O)c(C(=O)OC)c1O. The fourth-order valence-electron chi connectivity index (χ4n) is 3.03. The van der Waals surface area contributed by atoms with Crippen molar-refractivity contribution in [3.8, 4) is 22.8 Å². The normalized spacial score (nSPS) is 11.0. The van der Waals surface area contributed by atoms with Crippen molar-refractivity contribution in [2.24, 2.45) is 7.05 Å². The third kappa shape index (κ3) is 2.44. The summed E-state index contributed by atoms with van der Waals surface area (Å²) < 4.78 is 6.42. The molecule has 2 aromatic heterocycles. The van der Waals surface area contributed by atoms with Crippen LogP contribution >= 0.6 is 0 Å². The first-order valence-electron chi connectivity index (χ1n) is 7.74. The molecule has 0 amide bonds. The van der Waals surface area contributed by atoms with Gasteiger partial charge in [-0.3, -0.25) is 4.79 Å². The second kappa shape index (κ2) is 6.01. The number of hydrogen-bond acceptors (Lipinski definition) is 5. The van der Waals surface area contributed by atoms with Gasteiger partial charge in [0.1, 0.15) is 11.5 Å². The van der Waals surface area contributed by atoms with Crippen molar-refractivity contribution in [3.63, 3.8) is 0 Å².